The molecular weight excluding hydrogens is 996 g/mol. The molecule has 8 aromatic rings. The van der Waals surface area contributed by atoms with Crippen molar-refractivity contribution in [2.24, 2.45) is 5.73 Å². The molecule has 384 valence electrons. The molecule has 1 amide bonds. The summed E-state index contributed by atoms with van der Waals surface area (Å²) >= 11 is 8.13. The van der Waals surface area contributed by atoms with Gasteiger partial charge in [-0.3, -0.25) is 9.59 Å². The smallest absolute Gasteiger partial charge is 0.252 e. The average molecular weight is 1060 g/mol. The van der Waals surface area contributed by atoms with Gasteiger partial charge >= 0.3 is 0 Å². The van der Waals surface area contributed by atoms with E-state index in [4.69, 9.17) is 32.3 Å². The highest BCUT2D eigenvalue weighted by Crippen LogP contribution is 2.41. The van der Waals surface area contributed by atoms with Crippen LogP contribution in [0, 0.1) is 11.6 Å². The summed E-state index contributed by atoms with van der Waals surface area (Å²) in [6.45, 7) is 11.2. The Hall–Kier alpha value is -6.63. The lowest BCUT2D eigenvalue weighted by Gasteiger charge is -2.18. The van der Waals surface area contributed by atoms with Crippen LogP contribution in [0.4, 0.5) is 8.78 Å². The first kappa shape index (κ1) is 55.1. The Bertz CT molecular complexity index is 3080. The topological polar surface area (TPSA) is 163 Å². The zero-order chi connectivity index (χ0) is 52.6. The molecule has 0 fully saturated rings. The molecule has 13 nitrogen and oxygen atoms in total. The number of hydrogen-bond acceptors (Lipinski definition) is 12. The molecule has 6 heterocycles. The highest BCUT2D eigenvalue weighted by atomic mass is 35.5. The molecule has 2 aliphatic heterocycles. The number of nitrogens with two attached hydrogens (primary N) is 1. The summed E-state index contributed by atoms with van der Waals surface area (Å²) in [6.07, 6.45) is 10.9. The molecule has 0 saturated heterocycles. The van der Waals surface area contributed by atoms with Crippen molar-refractivity contribution in [2.45, 2.75) is 68.9 Å². The molecule has 18 heteroatoms. The maximum atomic E-state index is 13.6. The zero-order valence-corrected chi connectivity index (χ0v) is 44.5. The normalized spacial score (nSPS) is 14.1. The number of halogens is 3. The molecule has 2 atom stereocenters. The van der Waals surface area contributed by atoms with Gasteiger partial charge in [-0.15, -0.1) is 0 Å². The monoisotopic (exact) mass is 1060 g/mol. The predicted molar refractivity (Wildman–Crippen MR) is 293 cm³/mol. The fourth-order valence-corrected chi connectivity index (χ4v) is 9.59. The number of thioether (sulfide) groups is 2. The number of carbonyl (C=O) groups excluding carboxylic acids is 2. The molecule has 0 spiro atoms. The van der Waals surface area contributed by atoms with Gasteiger partial charge in [0.05, 0.1) is 40.2 Å². The van der Waals surface area contributed by atoms with Gasteiger partial charge in [-0.1, -0.05) is 92.8 Å². The van der Waals surface area contributed by atoms with Gasteiger partial charge in [0.2, 0.25) is 0 Å². The van der Waals surface area contributed by atoms with Crippen LogP contribution in [0.15, 0.2) is 144 Å². The summed E-state index contributed by atoms with van der Waals surface area (Å²) < 4.78 is 31.3. The third kappa shape index (κ3) is 13.7. The van der Waals surface area contributed by atoms with E-state index in [-0.39, 0.29) is 29.6 Å². The second kappa shape index (κ2) is 27.1. The summed E-state index contributed by atoms with van der Waals surface area (Å²) in [5.74, 6) is 1.29. The van der Waals surface area contributed by atoms with Gasteiger partial charge in [0.15, 0.2) is 10.3 Å². The number of hydrogen-bond donors (Lipinski definition) is 2. The Morgan fingerprint density at radius 1 is 0.635 bits per heavy atom. The first-order valence-electron chi connectivity index (χ1n) is 24.5. The lowest BCUT2D eigenvalue weighted by Crippen LogP contribution is -2.29. The Balaban J connectivity index is 0.000000170. The van der Waals surface area contributed by atoms with E-state index in [9.17, 15) is 18.4 Å². The molecule has 4 aromatic carbocycles. The third-order valence-electron chi connectivity index (χ3n) is 12.6. The van der Waals surface area contributed by atoms with Gasteiger partial charge in [-0.05, 0) is 129 Å². The van der Waals surface area contributed by atoms with Gasteiger partial charge in [-0.2, -0.15) is 0 Å². The van der Waals surface area contributed by atoms with E-state index in [1.165, 1.54) is 67.4 Å². The average Bonchev–Trinajstić information content (AvgIpc) is 4.24. The predicted octanol–water partition coefficient (Wildman–Crippen LogP) is 11.5. The molecule has 3 N–H and O–H groups in total. The maximum absolute atomic E-state index is 13.6. The van der Waals surface area contributed by atoms with Crippen LogP contribution >= 0.6 is 35.1 Å². The van der Waals surface area contributed by atoms with Crippen LogP contribution in [0.1, 0.15) is 78.1 Å². The van der Waals surface area contributed by atoms with Crippen LogP contribution in [0.25, 0.3) is 45.3 Å². The van der Waals surface area contributed by atoms with E-state index in [0.717, 1.165) is 82.6 Å². The van der Waals surface area contributed by atoms with Gasteiger partial charge in [0.1, 0.15) is 23.3 Å². The van der Waals surface area contributed by atoms with Crippen molar-refractivity contribution in [1.29, 1.82) is 0 Å². The SMILES string of the molecule is CCN(CC)CC.CSc1nccc(-c2c(-c3ccc(F)cc3)nc3n2[C@H](CN)CC3)n1.CSc1nccc(-c2c(-c3ccc(F)cc3)nc3n2[C@H](CNC(=O)c2ccccc2)CC3)n1.O=C(Cl)c1ccccc1. The molecule has 0 unspecified atom stereocenters. The number of benzene rings is 4. The summed E-state index contributed by atoms with van der Waals surface area (Å²) in [5, 5.41) is 4.03. The number of nitrogens with zero attached hydrogens (tertiary/aromatic N) is 9. The van der Waals surface area contributed by atoms with Gasteiger partial charge < -0.3 is 25.1 Å². The zero-order valence-electron chi connectivity index (χ0n) is 42.1. The minimum absolute atomic E-state index is 0.0389. The number of carbonyl (C=O) groups is 2. The fraction of sp³-hybridized carbons (Fsp3) is 0.286. The van der Waals surface area contributed by atoms with Crippen molar-refractivity contribution < 1.29 is 18.4 Å². The van der Waals surface area contributed by atoms with Crippen molar-refractivity contribution in [3.8, 4) is 45.3 Å². The number of nitrogens with one attached hydrogen (secondary N) is 1. The van der Waals surface area contributed by atoms with E-state index in [0.29, 0.717) is 34.5 Å². The van der Waals surface area contributed by atoms with Gasteiger partial charge in [-0.25, -0.2) is 38.7 Å². The van der Waals surface area contributed by atoms with E-state index in [1.807, 2.05) is 48.9 Å². The van der Waals surface area contributed by atoms with Gasteiger partial charge in [0.25, 0.3) is 11.1 Å². The first-order valence-corrected chi connectivity index (χ1v) is 27.3. The minimum atomic E-state index is -0.407. The number of fused-ring (bicyclic) bond motifs is 2. The quantitative estimate of drug-likeness (QED) is 0.0603. The molecule has 10 rings (SSSR count). The minimum Gasteiger partial charge on any atom is -0.350 e. The second-order valence-corrected chi connectivity index (χ2v) is 18.9. The molecule has 0 aliphatic carbocycles. The Morgan fingerprint density at radius 3 is 1.46 bits per heavy atom. The van der Waals surface area contributed by atoms with Gasteiger partial charge in [0, 0.05) is 66.6 Å². The van der Waals surface area contributed by atoms with Crippen LogP contribution in [0.3, 0.4) is 0 Å². The highest BCUT2D eigenvalue weighted by molar-refractivity contribution is 7.98. The highest BCUT2D eigenvalue weighted by Gasteiger charge is 2.32. The first-order chi connectivity index (χ1) is 36.0. The van der Waals surface area contributed by atoms with E-state index < -0.39 is 5.24 Å². The standard InChI is InChI=1S/C25H22FN5OS.C18H18FN5S.C7H5ClO.C6H15N/c1-33-25-27-14-13-20(29-25)23-22(16-7-9-18(26)10-8-16)30-21-12-11-19(31(21)23)15-28-24(32)17-5-3-2-4-6-17;1-25-18-21-9-8-14(22-18)17-16(11-2-4-12(19)5-3-11)23-15-7-6-13(10-20)24(15)17;8-7(9)6-4-2-1-3-5-6;1-4-7(5-2)6-3/h2-10,13-14,19H,11-12,15H2,1H3,(H,28,32);2-5,8-9,13H,6-7,10,20H2,1H3;1-5H;4-6H2,1-3H3/t19-;13-;;/m00../s1. The molecular formula is C56H60ClF2N11O2S2. The number of imidazole rings is 2. The fourth-order valence-electron chi connectivity index (χ4n) is 8.76. The van der Waals surface area contributed by atoms with Crippen molar-refractivity contribution in [2.75, 3.05) is 45.2 Å². The Kier molecular flexibility index (Phi) is 20.2. The number of amides is 1. The van der Waals surface area contributed by atoms with E-state index >= 15 is 0 Å². The molecule has 0 bridgehead atoms. The van der Waals surface area contributed by atoms with Crippen LogP contribution < -0.4 is 11.1 Å². The van der Waals surface area contributed by atoms with Crippen LogP contribution in [-0.4, -0.2) is 100 Å². The molecule has 74 heavy (non-hydrogen) atoms. The lowest BCUT2D eigenvalue weighted by atomic mass is 10.1. The maximum Gasteiger partial charge on any atom is 0.252 e. The molecule has 4 aromatic heterocycles. The number of aryl methyl sites for hydroxylation is 2. The molecule has 2 aliphatic rings. The molecule has 0 saturated carbocycles. The summed E-state index contributed by atoms with van der Waals surface area (Å²) in [6, 6.07) is 34.7. The van der Waals surface area contributed by atoms with Crippen LogP contribution in [0.5, 0.6) is 0 Å². The number of rotatable bonds is 14. The number of aromatic nitrogens is 8. The van der Waals surface area contributed by atoms with Crippen molar-refractivity contribution >= 4 is 46.3 Å². The van der Waals surface area contributed by atoms with Crippen molar-refractivity contribution in [1.82, 2.24) is 49.3 Å². The largest absolute Gasteiger partial charge is 0.350 e. The third-order valence-corrected chi connectivity index (χ3v) is 13.9. The second-order valence-electron chi connectivity index (χ2n) is 17.0. The van der Waals surface area contributed by atoms with Crippen LogP contribution in [0.2, 0.25) is 0 Å². The summed E-state index contributed by atoms with van der Waals surface area (Å²) in [5.41, 5.74) is 13.8. The van der Waals surface area contributed by atoms with Crippen molar-refractivity contribution in [3.63, 3.8) is 0 Å². The van der Waals surface area contributed by atoms with Crippen LogP contribution in [-0.2, 0) is 12.8 Å². The lowest BCUT2D eigenvalue weighted by molar-refractivity contribution is 0.0947. The van der Waals surface area contributed by atoms with Crippen molar-refractivity contribution in [3.05, 3.63) is 168 Å². The van der Waals surface area contributed by atoms with E-state index in [1.54, 1.807) is 73.1 Å². The Labute approximate surface area is 444 Å². The summed E-state index contributed by atoms with van der Waals surface area (Å²) in [4.78, 5) is 53.1. The Morgan fingerprint density at radius 2 is 1.07 bits per heavy atom. The van der Waals surface area contributed by atoms with E-state index in [2.05, 4.69) is 55.1 Å². The molecule has 0 radical (unpaired) electrons. The summed E-state index contributed by atoms with van der Waals surface area (Å²) in [7, 11) is 0.